The van der Waals surface area contributed by atoms with Crippen molar-refractivity contribution in [3.63, 3.8) is 0 Å². The number of hydrogen-bond acceptors (Lipinski definition) is 4. The third-order valence-corrected chi connectivity index (χ3v) is 9.34. The SMILES string of the molecule is O=[N+]([O-])c1c2c(-c3ccccc3)c3ccc([nH]3)c(-c3ccccc3)c3nc(c(-c4ccccc4)c4ccc([nH]4)c(-c4ccccc4)c1N=C2)C=C3. The van der Waals surface area contributed by atoms with E-state index in [0.29, 0.717) is 22.2 Å². The number of nitro groups is 1. The lowest BCUT2D eigenvalue weighted by Crippen LogP contribution is -1.94. The van der Waals surface area contributed by atoms with Crippen LogP contribution in [0.4, 0.5) is 11.4 Å². The molecule has 4 aromatic carbocycles. The monoisotopic (exact) mass is 659 g/mol. The minimum Gasteiger partial charge on any atom is -0.354 e. The largest absolute Gasteiger partial charge is 0.354 e. The van der Waals surface area contributed by atoms with Gasteiger partial charge in [-0.3, -0.25) is 10.1 Å². The van der Waals surface area contributed by atoms with E-state index in [1.165, 1.54) is 0 Å². The highest BCUT2D eigenvalue weighted by molar-refractivity contribution is 6.10. The molecule has 0 atom stereocenters. The Balaban J connectivity index is 1.54. The van der Waals surface area contributed by atoms with Gasteiger partial charge in [0.1, 0.15) is 0 Å². The summed E-state index contributed by atoms with van der Waals surface area (Å²) >= 11 is 0. The Morgan fingerprint density at radius 2 is 0.843 bits per heavy atom. The third-order valence-electron chi connectivity index (χ3n) is 9.34. The lowest BCUT2D eigenvalue weighted by molar-refractivity contribution is -0.383. The fraction of sp³-hybridized carbons (Fsp3) is 0. The average Bonchev–Trinajstić information content (AvgIpc) is 4.00. The minimum absolute atomic E-state index is 0.0629. The van der Waals surface area contributed by atoms with E-state index in [4.69, 9.17) is 9.98 Å². The Labute approximate surface area is 293 Å². The lowest BCUT2D eigenvalue weighted by Gasteiger charge is -2.07. The Morgan fingerprint density at radius 3 is 1.27 bits per heavy atom. The van der Waals surface area contributed by atoms with Crippen molar-refractivity contribution < 1.29 is 4.92 Å². The topological polar surface area (TPSA) is 100.0 Å². The van der Waals surface area contributed by atoms with Gasteiger partial charge in [0, 0.05) is 50.5 Å². The van der Waals surface area contributed by atoms with E-state index < -0.39 is 0 Å². The van der Waals surface area contributed by atoms with Crippen molar-refractivity contribution in [2.24, 2.45) is 4.99 Å². The molecule has 0 saturated heterocycles. The quantitative estimate of drug-likeness (QED) is 0.142. The average molecular weight is 660 g/mol. The molecule has 7 aromatic rings. The maximum absolute atomic E-state index is 13.3. The van der Waals surface area contributed by atoms with E-state index >= 15 is 0 Å². The molecule has 0 unspecified atom stereocenters. The predicted molar refractivity (Wildman–Crippen MR) is 208 cm³/mol. The molecule has 2 aliphatic heterocycles. The Bertz CT molecular complexity index is 2520. The van der Waals surface area contributed by atoms with Gasteiger partial charge in [0.25, 0.3) is 0 Å². The molecule has 0 radical (unpaired) electrons. The summed E-state index contributed by atoms with van der Waals surface area (Å²) in [5.41, 5.74) is 12.1. The summed E-state index contributed by atoms with van der Waals surface area (Å²) in [5.74, 6) is 0. The molecule has 242 valence electrons. The zero-order chi connectivity index (χ0) is 34.3. The van der Waals surface area contributed by atoms with Crippen LogP contribution in [-0.4, -0.2) is 26.1 Å². The summed E-state index contributed by atoms with van der Waals surface area (Å²) in [4.78, 5) is 30.4. The van der Waals surface area contributed by atoms with Gasteiger partial charge < -0.3 is 9.97 Å². The van der Waals surface area contributed by atoms with Crippen molar-refractivity contribution in [2.75, 3.05) is 0 Å². The number of aromatic amines is 2. The zero-order valence-corrected chi connectivity index (χ0v) is 27.2. The lowest BCUT2D eigenvalue weighted by atomic mass is 9.99. The summed E-state index contributed by atoms with van der Waals surface area (Å²) in [6.45, 7) is 0. The number of fused-ring (bicyclic) bond motifs is 8. The first-order chi connectivity index (χ1) is 25.1. The molecule has 7 nitrogen and oxygen atoms in total. The van der Waals surface area contributed by atoms with Gasteiger partial charge in [0.05, 0.1) is 21.9 Å². The van der Waals surface area contributed by atoms with Gasteiger partial charge in [-0.25, -0.2) is 9.98 Å². The van der Waals surface area contributed by atoms with Crippen LogP contribution in [0.3, 0.4) is 0 Å². The number of aromatic nitrogens is 3. The molecule has 0 saturated carbocycles. The normalized spacial score (nSPS) is 11.9. The third kappa shape index (κ3) is 5.25. The van der Waals surface area contributed by atoms with Gasteiger partial charge >= 0.3 is 5.69 Å². The standard InChI is InChI=1S/C44H29N5O2/c50-49(51)44-32-27-45-43(44)42(31-19-11-4-12-20-31)38-26-25-37(48-38)41(30-17-9-3-10-18-30)36-24-23-35(47-36)40(29-15-7-2-8-16-29)34-22-21-33(46-34)39(32)28-13-5-1-6-14-28/h1-27,46,48H. The summed E-state index contributed by atoms with van der Waals surface area (Å²) in [6.07, 6.45) is 5.75. The molecule has 0 amide bonds. The Hall–Kier alpha value is -7.12. The Kier molecular flexibility index (Phi) is 7.29. The van der Waals surface area contributed by atoms with E-state index in [1.807, 2.05) is 121 Å². The maximum Gasteiger partial charge on any atom is 0.304 e. The second-order valence-corrected chi connectivity index (χ2v) is 12.4. The molecular formula is C44H29N5O2. The number of benzene rings is 4. The molecule has 2 aliphatic rings. The second-order valence-electron chi connectivity index (χ2n) is 12.4. The van der Waals surface area contributed by atoms with Gasteiger partial charge in [-0.2, -0.15) is 0 Å². The summed E-state index contributed by atoms with van der Waals surface area (Å²) in [6, 6.07) is 47.8. The van der Waals surface area contributed by atoms with Gasteiger partial charge in [-0.05, 0) is 58.7 Å². The van der Waals surface area contributed by atoms with Crippen molar-refractivity contribution in [2.45, 2.75) is 0 Å². The fourth-order valence-corrected chi connectivity index (χ4v) is 7.12. The van der Waals surface area contributed by atoms with Gasteiger partial charge in [-0.15, -0.1) is 0 Å². The van der Waals surface area contributed by atoms with Gasteiger partial charge in [0.2, 0.25) is 0 Å². The summed E-state index contributed by atoms with van der Waals surface area (Å²) in [5, 5.41) is 13.3. The van der Waals surface area contributed by atoms with Crippen molar-refractivity contribution >= 4 is 51.8 Å². The van der Waals surface area contributed by atoms with Crippen LogP contribution in [-0.2, 0) is 0 Å². The maximum atomic E-state index is 13.3. The summed E-state index contributed by atoms with van der Waals surface area (Å²) < 4.78 is 0. The molecule has 0 aliphatic carbocycles. The number of nitrogens with one attached hydrogen (secondary N) is 2. The van der Waals surface area contributed by atoms with Crippen LogP contribution in [0.25, 0.3) is 78.7 Å². The second kappa shape index (κ2) is 12.4. The van der Waals surface area contributed by atoms with Crippen LogP contribution < -0.4 is 0 Å². The highest BCUT2D eigenvalue weighted by atomic mass is 16.6. The van der Waals surface area contributed by atoms with E-state index in [9.17, 15) is 10.1 Å². The van der Waals surface area contributed by atoms with Crippen LogP contribution in [0.15, 0.2) is 151 Å². The first-order valence-corrected chi connectivity index (χ1v) is 16.7. The molecule has 9 rings (SSSR count). The van der Waals surface area contributed by atoms with Crippen molar-refractivity contribution in [1.82, 2.24) is 15.0 Å². The molecule has 3 aromatic heterocycles. The highest BCUT2D eigenvalue weighted by Crippen LogP contribution is 2.46. The first kappa shape index (κ1) is 30.0. The number of hydrogen-bond donors (Lipinski definition) is 2. The van der Waals surface area contributed by atoms with Crippen molar-refractivity contribution in [1.29, 1.82) is 0 Å². The van der Waals surface area contributed by atoms with Crippen LogP contribution in [0.1, 0.15) is 17.0 Å². The number of H-pyrrole nitrogens is 2. The molecule has 0 fully saturated rings. The van der Waals surface area contributed by atoms with E-state index in [1.54, 1.807) is 6.21 Å². The van der Waals surface area contributed by atoms with Crippen LogP contribution in [0.5, 0.6) is 0 Å². The van der Waals surface area contributed by atoms with E-state index in [2.05, 4.69) is 46.4 Å². The van der Waals surface area contributed by atoms with Crippen LogP contribution in [0.2, 0.25) is 0 Å². The predicted octanol–water partition coefficient (Wildman–Crippen LogP) is 11.4. The Morgan fingerprint density at radius 1 is 0.471 bits per heavy atom. The number of nitrogens with zero attached hydrogens (tertiary/aromatic N) is 3. The van der Waals surface area contributed by atoms with E-state index in [0.717, 1.165) is 61.3 Å². The zero-order valence-electron chi connectivity index (χ0n) is 27.2. The molecule has 0 spiro atoms. The molecule has 7 heteroatoms. The highest BCUT2D eigenvalue weighted by Gasteiger charge is 2.29. The molecular weight excluding hydrogens is 631 g/mol. The van der Waals surface area contributed by atoms with Crippen molar-refractivity contribution in [3.05, 3.63) is 173 Å². The first-order valence-electron chi connectivity index (χ1n) is 16.7. The molecule has 5 heterocycles. The minimum atomic E-state index is -0.307. The number of rotatable bonds is 5. The van der Waals surface area contributed by atoms with Crippen molar-refractivity contribution in [3.8, 4) is 44.5 Å². The molecule has 51 heavy (non-hydrogen) atoms. The van der Waals surface area contributed by atoms with Crippen LogP contribution in [0, 0.1) is 10.1 Å². The number of aliphatic imine (C=N–C) groups is 1. The van der Waals surface area contributed by atoms with Crippen LogP contribution >= 0.6 is 0 Å². The van der Waals surface area contributed by atoms with E-state index in [-0.39, 0.29) is 16.3 Å². The van der Waals surface area contributed by atoms with Gasteiger partial charge in [-0.1, -0.05) is 121 Å². The summed E-state index contributed by atoms with van der Waals surface area (Å²) in [7, 11) is 0. The smallest absolute Gasteiger partial charge is 0.304 e. The molecule has 2 N–H and O–H groups in total. The fourth-order valence-electron chi connectivity index (χ4n) is 7.12. The van der Waals surface area contributed by atoms with Gasteiger partial charge in [0.15, 0.2) is 5.69 Å². The molecule has 8 bridgehead atoms.